The topological polar surface area (TPSA) is 53.1 Å². The summed E-state index contributed by atoms with van der Waals surface area (Å²) >= 11 is 0. The van der Waals surface area contributed by atoms with Gasteiger partial charge in [-0.3, -0.25) is 0 Å². The molecule has 0 aliphatic carbocycles. The fourth-order valence-corrected chi connectivity index (χ4v) is 1.92. The van der Waals surface area contributed by atoms with Crippen LogP contribution in [-0.2, 0) is 6.42 Å². The van der Waals surface area contributed by atoms with E-state index in [4.69, 9.17) is 5.73 Å². The Bertz CT molecular complexity index is 591. The monoisotopic (exact) mass is 299 g/mol. The van der Waals surface area contributed by atoms with Crippen molar-refractivity contribution in [2.24, 2.45) is 0 Å². The smallest absolute Gasteiger partial charge is 0.406 e. The highest BCUT2D eigenvalue weighted by molar-refractivity contribution is 5.44. The van der Waals surface area contributed by atoms with Gasteiger partial charge in [0, 0.05) is 6.07 Å². The highest BCUT2D eigenvalue weighted by Gasteiger charge is 2.30. The lowest BCUT2D eigenvalue weighted by atomic mass is 10.2. The average molecular weight is 299 g/mol. The zero-order valence-electron chi connectivity index (χ0n) is 11.5. The molecular formula is C14H16F3N3O. The predicted octanol–water partition coefficient (Wildman–Crippen LogP) is 3.70. The average Bonchev–Trinajstić information content (AvgIpc) is 2.77. The molecule has 2 rings (SSSR count). The largest absolute Gasteiger partial charge is 0.573 e. The lowest BCUT2D eigenvalue weighted by Crippen LogP contribution is -2.17. The molecule has 1 aromatic heterocycles. The third-order valence-electron chi connectivity index (χ3n) is 2.89. The number of hydrogen-bond acceptors (Lipinski definition) is 3. The number of ether oxygens (including phenoxy) is 1. The zero-order chi connectivity index (χ0) is 15.5. The quantitative estimate of drug-likeness (QED) is 0.916. The number of aryl methyl sites for hydroxylation is 1. The maximum absolute atomic E-state index is 12.1. The number of nitrogens with zero attached hydrogens (tertiary/aromatic N) is 2. The Morgan fingerprint density at radius 2 is 1.90 bits per heavy atom. The molecule has 0 aliphatic heterocycles. The van der Waals surface area contributed by atoms with Crippen LogP contribution in [0, 0.1) is 0 Å². The van der Waals surface area contributed by atoms with E-state index >= 15 is 0 Å². The molecule has 0 amide bonds. The number of nitrogens with two attached hydrogens (primary N) is 1. The number of anilines is 1. The van der Waals surface area contributed by atoms with Crippen LogP contribution < -0.4 is 10.5 Å². The number of unbranched alkanes of at least 4 members (excludes halogenated alkanes) is 1. The molecule has 0 saturated heterocycles. The summed E-state index contributed by atoms with van der Waals surface area (Å²) in [6.45, 7) is 2.08. The van der Waals surface area contributed by atoms with Gasteiger partial charge in [0.1, 0.15) is 11.6 Å². The summed E-state index contributed by atoms with van der Waals surface area (Å²) in [5.74, 6) is 0.175. The van der Waals surface area contributed by atoms with Crippen LogP contribution in [-0.4, -0.2) is 16.1 Å². The molecule has 0 spiro atoms. The molecular weight excluding hydrogens is 283 g/mol. The second kappa shape index (κ2) is 6.07. The van der Waals surface area contributed by atoms with Crippen LogP contribution in [0.3, 0.4) is 0 Å². The number of alkyl halides is 3. The van der Waals surface area contributed by atoms with Crippen LogP contribution in [0.5, 0.6) is 5.75 Å². The summed E-state index contributed by atoms with van der Waals surface area (Å²) in [5, 5.41) is 4.35. The van der Waals surface area contributed by atoms with Crippen LogP contribution >= 0.6 is 0 Å². The van der Waals surface area contributed by atoms with Gasteiger partial charge >= 0.3 is 6.36 Å². The number of nitrogen functional groups attached to an aromatic ring is 1. The van der Waals surface area contributed by atoms with E-state index in [1.165, 1.54) is 28.9 Å². The Morgan fingerprint density at radius 1 is 1.24 bits per heavy atom. The molecule has 0 radical (unpaired) electrons. The molecule has 0 unspecified atom stereocenters. The summed E-state index contributed by atoms with van der Waals surface area (Å²) < 4.78 is 41.6. The number of halogens is 3. The summed E-state index contributed by atoms with van der Waals surface area (Å²) in [4.78, 5) is 0. The van der Waals surface area contributed by atoms with Gasteiger partial charge in [0.2, 0.25) is 0 Å². The minimum absolute atomic E-state index is 0.275. The lowest BCUT2D eigenvalue weighted by molar-refractivity contribution is -0.274. The van der Waals surface area contributed by atoms with E-state index in [0.29, 0.717) is 11.5 Å². The van der Waals surface area contributed by atoms with Gasteiger partial charge in [0.05, 0.1) is 11.4 Å². The molecule has 7 heteroatoms. The second-order valence-electron chi connectivity index (χ2n) is 4.62. The van der Waals surface area contributed by atoms with Gasteiger partial charge in [-0.15, -0.1) is 13.2 Å². The normalized spacial score (nSPS) is 11.6. The second-order valence-corrected chi connectivity index (χ2v) is 4.62. The van der Waals surface area contributed by atoms with Crippen molar-refractivity contribution in [3.05, 3.63) is 36.0 Å². The Hall–Kier alpha value is -2.18. The van der Waals surface area contributed by atoms with E-state index in [1.807, 2.05) is 0 Å². The van der Waals surface area contributed by atoms with Gasteiger partial charge < -0.3 is 10.5 Å². The third-order valence-corrected chi connectivity index (χ3v) is 2.89. The van der Waals surface area contributed by atoms with Crippen molar-refractivity contribution in [2.75, 3.05) is 5.73 Å². The first-order chi connectivity index (χ1) is 9.89. The van der Waals surface area contributed by atoms with Crippen molar-refractivity contribution in [1.82, 2.24) is 9.78 Å². The van der Waals surface area contributed by atoms with Gasteiger partial charge in [0.25, 0.3) is 0 Å². The van der Waals surface area contributed by atoms with E-state index in [0.717, 1.165) is 25.0 Å². The molecule has 2 aromatic rings. The number of aromatic nitrogens is 2. The standard InChI is InChI=1S/C14H16F3N3O/c1-2-3-4-10-9-13(18)20(19-10)11-5-7-12(8-6-11)21-14(15,16)17/h5-9H,2-4,18H2,1H3. The zero-order valence-corrected chi connectivity index (χ0v) is 11.5. The maximum Gasteiger partial charge on any atom is 0.573 e. The maximum atomic E-state index is 12.1. The summed E-state index contributed by atoms with van der Waals surface area (Å²) in [6.07, 6.45) is -1.81. The minimum atomic E-state index is -4.69. The molecule has 2 N–H and O–H groups in total. The number of benzene rings is 1. The van der Waals surface area contributed by atoms with Crippen molar-refractivity contribution in [3.8, 4) is 11.4 Å². The molecule has 0 atom stereocenters. The molecule has 4 nitrogen and oxygen atoms in total. The Labute approximate surface area is 120 Å². The van der Waals surface area contributed by atoms with Gasteiger partial charge in [-0.25, -0.2) is 4.68 Å². The highest BCUT2D eigenvalue weighted by Crippen LogP contribution is 2.24. The Kier molecular flexibility index (Phi) is 4.40. The van der Waals surface area contributed by atoms with Crippen molar-refractivity contribution >= 4 is 5.82 Å². The van der Waals surface area contributed by atoms with Crippen molar-refractivity contribution in [1.29, 1.82) is 0 Å². The Balaban J connectivity index is 2.16. The molecule has 0 aliphatic rings. The third kappa shape index (κ3) is 4.14. The van der Waals surface area contributed by atoms with E-state index in [9.17, 15) is 13.2 Å². The number of rotatable bonds is 5. The molecule has 0 fully saturated rings. The van der Waals surface area contributed by atoms with Gasteiger partial charge in [0.15, 0.2) is 0 Å². The van der Waals surface area contributed by atoms with Gasteiger partial charge in [-0.2, -0.15) is 5.10 Å². The molecule has 0 saturated carbocycles. The van der Waals surface area contributed by atoms with Crippen molar-refractivity contribution in [2.45, 2.75) is 32.5 Å². The fraction of sp³-hybridized carbons (Fsp3) is 0.357. The first-order valence-electron chi connectivity index (χ1n) is 6.59. The van der Waals surface area contributed by atoms with Gasteiger partial charge in [-0.05, 0) is 37.1 Å². The van der Waals surface area contributed by atoms with E-state index in [1.54, 1.807) is 6.07 Å². The van der Waals surface area contributed by atoms with E-state index < -0.39 is 6.36 Å². The molecule has 0 bridgehead atoms. The minimum Gasteiger partial charge on any atom is -0.406 e. The van der Waals surface area contributed by atoms with Crippen molar-refractivity contribution < 1.29 is 17.9 Å². The summed E-state index contributed by atoms with van der Waals surface area (Å²) in [5.41, 5.74) is 7.33. The molecule has 114 valence electrons. The van der Waals surface area contributed by atoms with Crippen molar-refractivity contribution in [3.63, 3.8) is 0 Å². The van der Waals surface area contributed by atoms with E-state index in [2.05, 4.69) is 16.8 Å². The highest BCUT2D eigenvalue weighted by atomic mass is 19.4. The first-order valence-corrected chi connectivity index (χ1v) is 6.59. The first kappa shape index (κ1) is 15.2. The SMILES string of the molecule is CCCCc1cc(N)n(-c2ccc(OC(F)(F)F)cc2)n1. The van der Waals surface area contributed by atoms with E-state index in [-0.39, 0.29) is 5.75 Å². The molecule has 1 aromatic carbocycles. The Morgan fingerprint density at radius 3 is 2.48 bits per heavy atom. The summed E-state index contributed by atoms with van der Waals surface area (Å²) in [7, 11) is 0. The van der Waals surface area contributed by atoms with Crippen LogP contribution in [0.15, 0.2) is 30.3 Å². The number of hydrogen-bond donors (Lipinski definition) is 1. The van der Waals surface area contributed by atoms with Crippen LogP contribution in [0.4, 0.5) is 19.0 Å². The molecule has 21 heavy (non-hydrogen) atoms. The van der Waals surface area contributed by atoms with Crippen LogP contribution in [0.2, 0.25) is 0 Å². The predicted molar refractivity (Wildman–Crippen MR) is 73.3 cm³/mol. The molecule has 1 heterocycles. The fourth-order valence-electron chi connectivity index (χ4n) is 1.92. The summed E-state index contributed by atoms with van der Waals surface area (Å²) in [6, 6.07) is 7.20. The lowest BCUT2D eigenvalue weighted by Gasteiger charge is -2.09. The van der Waals surface area contributed by atoms with Crippen LogP contribution in [0.25, 0.3) is 5.69 Å². The van der Waals surface area contributed by atoms with Gasteiger partial charge in [-0.1, -0.05) is 13.3 Å². The van der Waals surface area contributed by atoms with Crippen LogP contribution in [0.1, 0.15) is 25.5 Å².